The van der Waals surface area contributed by atoms with E-state index in [-0.39, 0.29) is 0 Å². The van der Waals surface area contributed by atoms with Crippen molar-refractivity contribution < 1.29 is 4.79 Å². The van der Waals surface area contributed by atoms with Crippen molar-refractivity contribution in [2.45, 2.75) is 26.2 Å². The first-order valence-electron chi connectivity index (χ1n) is 8.54. The Labute approximate surface area is 133 Å². The van der Waals surface area contributed by atoms with Crippen LogP contribution in [-0.2, 0) is 4.79 Å². The van der Waals surface area contributed by atoms with E-state index >= 15 is 0 Å². The van der Waals surface area contributed by atoms with E-state index in [0.29, 0.717) is 12.5 Å². The fraction of sp³-hybridized carbons (Fsp3) is 0.611. The van der Waals surface area contributed by atoms with Crippen molar-refractivity contribution in [3.63, 3.8) is 0 Å². The summed E-state index contributed by atoms with van der Waals surface area (Å²) in [4.78, 5) is 19.1. The van der Waals surface area contributed by atoms with Gasteiger partial charge in [0.25, 0.3) is 0 Å². The number of benzene rings is 1. The first kappa shape index (κ1) is 15.3. The molecular weight excluding hydrogens is 274 g/mol. The molecule has 4 nitrogen and oxygen atoms in total. The summed E-state index contributed by atoms with van der Waals surface area (Å²) in [6, 6.07) is 8.68. The predicted octanol–water partition coefficient (Wildman–Crippen LogP) is 2.13. The molecule has 0 aromatic heterocycles. The van der Waals surface area contributed by atoms with Crippen LogP contribution in [0, 0.1) is 6.92 Å². The Balaban J connectivity index is 1.48. The Hall–Kier alpha value is -1.55. The monoisotopic (exact) mass is 301 g/mol. The minimum absolute atomic E-state index is 0.323. The molecule has 2 aliphatic rings. The van der Waals surface area contributed by atoms with Gasteiger partial charge in [0, 0.05) is 45.0 Å². The molecule has 0 bridgehead atoms. The number of likely N-dealkylation sites (tertiary alicyclic amines) is 1. The van der Waals surface area contributed by atoms with Gasteiger partial charge in [-0.1, -0.05) is 12.1 Å². The predicted molar refractivity (Wildman–Crippen MR) is 90.3 cm³/mol. The zero-order valence-corrected chi connectivity index (χ0v) is 13.6. The molecule has 0 saturated carbocycles. The minimum atomic E-state index is 0.323. The zero-order valence-electron chi connectivity index (χ0n) is 13.6. The summed E-state index contributed by atoms with van der Waals surface area (Å²) in [7, 11) is 0. The van der Waals surface area contributed by atoms with Crippen LogP contribution in [0.1, 0.15) is 24.8 Å². The van der Waals surface area contributed by atoms with E-state index in [1.165, 1.54) is 30.5 Å². The molecule has 0 atom stereocenters. The molecule has 0 unspecified atom stereocenters. The van der Waals surface area contributed by atoms with Crippen LogP contribution in [0.15, 0.2) is 24.3 Å². The summed E-state index contributed by atoms with van der Waals surface area (Å²) < 4.78 is 0. The fourth-order valence-corrected chi connectivity index (χ4v) is 3.42. The van der Waals surface area contributed by atoms with Crippen molar-refractivity contribution in [1.82, 2.24) is 9.80 Å². The molecule has 2 heterocycles. The number of piperidine rings is 1. The number of hydrogen-bond donors (Lipinski definition) is 0. The second kappa shape index (κ2) is 7.14. The van der Waals surface area contributed by atoms with Crippen molar-refractivity contribution in [3.8, 4) is 0 Å². The fourth-order valence-electron chi connectivity index (χ4n) is 3.42. The molecule has 2 saturated heterocycles. The molecule has 120 valence electrons. The maximum atomic E-state index is 12.3. The number of rotatable bonds is 3. The van der Waals surface area contributed by atoms with Crippen LogP contribution in [0.25, 0.3) is 0 Å². The third kappa shape index (κ3) is 3.80. The number of nitrogens with zero attached hydrogens (tertiary/aromatic N) is 3. The van der Waals surface area contributed by atoms with Gasteiger partial charge in [-0.2, -0.15) is 0 Å². The number of hydrogen-bond acceptors (Lipinski definition) is 3. The van der Waals surface area contributed by atoms with Crippen molar-refractivity contribution in [3.05, 3.63) is 29.8 Å². The lowest BCUT2D eigenvalue weighted by Gasteiger charge is -2.37. The smallest absolute Gasteiger partial charge is 0.236 e. The highest BCUT2D eigenvalue weighted by molar-refractivity contribution is 5.78. The first-order chi connectivity index (χ1) is 10.7. The lowest BCUT2D eigenvalue weighted by molar-refractivity contribution is -0.133. The molecular formula is C18H27N3O. The Morgan fingerprint density at radius 3 is 2.41 bits per heavy atom. The summed E-state index contributed by atoms with van der Waals surface area (Å²) in [5.41, 5.74) is 2.61. The average Bonchev–Trinajstić information content (AvgIpc) is 2.56. The van der Waals surface area contributed by atoms with Crippen molar-refractivity contribution in [2.24, 2.45) is 0 Å². The van der Waals surface area contributed by atoms with Crippen LogP contribution in [0.5, 0.6) is 0 Å². The van der Waals surface area contributed by atoms with Gasteiger partial charge >= 0.3 is 0 Å². The molecule has 3 rings (SSSR count). The molecule has 1 amide bonds. The summed E-state index contributed by atoms with van der Waals surface area (Å²) in [5.74, 6) is 0.323. The third-order valence-corrected chi connectivity index (χ3v) is 4.81. The van der Waals surface area contributed by atoms with Crippen molar-refractivity contribution in [1.29, 1.82) is 0 Å². The van der Waals surface area contributed by atoms with E-state index in [1.807, 2.05) is 0 Å². The molecule has 0 radical (unpaired) electrons. The lowest BCUT2D eigenvalue weighted by Crippen LogP contribution is -2.50. The van der Waals surface area contributed by atoms with Crippen molar-refractivity contribution >= 4 is 11.6 Å². The molecule has 2 fully saturated rings. The Kier molecular flexibility index (Phi) is 4.98. The van der Waals surface area contributed by atoms with E-state index < -0.39 is 0 Å². The highest BCUT2D eigenvalue weighted by Crippen LogP contribution is 2.18. The van der Waals surface area contributed by atoms with Gasteiger partial charge < -0.3 is 9.80 Å². The molecule has 0 N–H and O–H groups in total. The number of carbonyl (C=O) groups is 1. The van der Waals surface area contributed by atoms with E-state index in [0.717, 1.165) is 39.3 Å². The van der Waals surface area contributed by atoms with Gasteiger partial charge in [0.05, 0.1) is 6.54 Å². The number of amides is 1. The van der Waals surface area contributed by atoms with Crippen LogP contribution in [-0.4, -0.2) is 61.5 Å². The maximum Gasteiger partial charge on any atom is 0.236 e. The number of carbonyl (C=O) groups excluding carboxylic acids is 1. The van der Waals surface area contributed by atoms with Gasteiger partial charge in [0.1, 0.15) is 0 Å². The molecule has 1 aromatic carbocycles. The highest BCUT2D eigenvalue weighted by atomic mass is 16.2. The van der Waals surface area contributed by atoms with Crippen LogP contribution < -0.4 is 4.90 Å². The largest absolute Gasteiger partial charge is 0.369 e. The highest BCUT2D eigenvalue weighted by Gasteiger charge is 2.22. The molecule has 0 spiro atoms. The molecule has 1 aromatic rings. The van der Waals surface area contributed by atoms with Gasteiger partial charge in [-0.15, -0.1) is 0 Å². The average molecular weight is 301 g/mol. The lowest BCUT2D eigenvalue weighted by atomic mass is 10.1. The first-order valence-corrected chi connectivity index (χ1v) is 8.54. The molecule has 4 heteroatoms. The summed E-state index contributed by atoms with van der Waals surface area (Å²) in [5, 5.41) is 0. The quantitative estimate of drug-likeness (QED) is 0.856. The number of anilines is 1. The van der Waals surface area contributed by atoms with Crippen molar-refractivity contribution in [2.75, 3.05) is 50.7 Å². The van der Waals surface area contributed by atoms with Gasteiger partial charge in [-0.05, 0) is 43.9 Å². The third-order valence-electron chi connectivity index (χ3n) is 4.81. The number of aryl methyl sites for hydroxylation is 1. The second-order valence-corrected chi connectivity index (χ2v) is 6.54. The van der Waals surface area contributed by atoms with Gasteiger partial charge in [0.15, 0.2) is 0 Å². The van der Waals surface area contributed by atoms with Crippen LogP contribution in [0.3, 0.4) is 0 Å². The van der Waals surface area contributed by atoms with Crippen LogP contribution in [0.2, 0.25) is 0 Å². The summed E-state index contributed by atoms with van der Waals surface area (Å²) in [6.45, 7) is 8.64. The zero-order chi connectivity index (χ0) is 15.4. The van der Waals surface area contributed by atoms with Crippen LogP contribution >= 0.6 is 0 Å². The Bertz CT molecular complexity index is 503. The number of piperazine rings is 1. The minimum Gasteiger partial charge on any atom is -0.369 e. The van der Waals surface area contributed by atoms with E-state index in [1.54, 1.807) is 0 Å². The van der Waals surface area contributed by atoms with Gasteiger partial charge in [0.2, 0.25) is 5.91 Å². The molecule has 2 aliphatic heterocycles. The van der Waals surface area contributed by atoms with E-state index in [9.17, 15) is 4.79 Å². The second-order valence-electron chi connectivity index (χ2n) is 6.54. The normalized spacial score (nSPS) is 20.2. The Morgan fingerprint density at radius 2 is 1.73 bits per heavy atom. The molecule has 22 heavy (non-hydrogen) atoms. The van der Waals surface area contributed by atoms with E-state index in [2.05, 4.69) is 45.9 Å². The topological polar surface area (TPSA) is 26.8 Å². The Morgan fingerprint density at radius 1 is 1.00 bits per heavy atom. The standard InChI is InChI=1S/C18H27N3O/c1-16-6-5-7-17(14-16)20-12-10-19(11-13-20)15-18(22)21-8-3-2-4-9-21/h5-7,14H,2-4,8-13,15H2,1H3. The maximum absolute atomic E-state index is 12.3. The summed E-state index contributed by atoms with van der Waals surface area (Å²) in [6.07, 6.45) is 3.62. The van der Waals surface area contributed by atoms with Gasteiger partial charge in [-0.3, -0.25) is 9.69 Å². The molecule has 0 aliphatic carbocycles. The summed E-state index contributed by atoms with van der Waals surface area (Å²) >= 11 is 0. The van der Waals surface area contributed by atoms with Crippen LogP contribution in [0.4, 0.5) is 5.69 Å². The van der Waals surface area contributed by atoms with E-state index in [4.69, 9.17) is 0 Å². The van der Waals surface area contributed by atoms with Gasteiger partial charge in [-0.25, -0.2) is 0 Å². The SMILES string of the molecule is Cc1cccc(N2CCN(CC(=O)N3CCCCC3)CC2)c1.